The van der Waals surface area contributed by atoms with Gasteiger partial charge in [-0.3, -0.25) is 4.79 Å². The monoisotopic (exact) mass is 442 g/mol. The van der Waals surface area contributed by atoms with E-state index >= 15 is 0 Å². The molecule has 2 aromatic rings. The van der Waals surface area contributed by atoms with Crippen molar-refractivity contribution in [3.63, 3.8) is 0 Å². The van der Waals surface area contributed by atoms with E-state index in [1.54, 1.807) is 7.11 Å². The van der Waals surface area contributed by atoms with Gasteiger partial charge in [0, 0.05) is 29.0 Å². The van der Waals surface area contributed by atoms with Crippen LogP contribution in [-0.4, -0.2) is 26.3 Å². The molecule has 1 aliphatic carbocycles. The Balaban J connectivity index is 1.62. The zero-order chi connectivity index (χ0) is 19.9. The van der Waals surface area contributed by atoms with Gasteiger partial charge < -0.3 is 14.2 Å². The fourth-order valence-electron chi connectivity index (χ4n) is 4.37. The van der Waals surface area contributed by atoms with E-state index < -0.39 is 5.41 Å². The van der Waals surface area contributed by atoms with Crippen molar-refractivity contribution in [3.8, 4) is 5.75 Å². The molecule has 1 heterocycles. The number of benzene rings is 2. The maximum atomic E-state index is 12.7. The molecule has 1 fully saturated rings. The molecule has 4 nitrogen and oxygen atoms in total. The van der Waals surface area contributed by atoms with E-state index in [1.807, 2.05) is 54.6 Å². The van der Waals surface area contributed by atoms with Crippen molar-refractivity contribution in [3.05, 3.63) is 76.3 Å². The van der Waals surface area contributed by atoms with E-state index in [2.05, 4.69) is 28.9 Å². The van der Waals surface area contributed by atoms with Crippen molar-refractivity contribution in [2.45, 2.75) is 25.0 Å². The Hall–Kier alpha value is -2.11. The Bertz CT molecular complexity index is 924. The maximum Gasteiger partial charge on any atom is 0.320 e. The van der Waals surface area contributed by atoms with Crippen LogP contribution in [-0.2, 0) is 14.3 Å². The molecule has 5 atom stereocenters. The van der Waals surface area contributed by atoms with Crippen molar-refractivity contribution < 1.29 is 19.0 Å². The second kappa shape index (κ2) is 7.37. The van der Waals surface area contributed by atoms with Crippen LogP contribution in [0, 0.1) is 11.3 Å². The molecule has 0 radical (unpaired) electrons. The smallest absolute Gasteiger partial charge is 0.320 e. The number of halogens is 1. The van der Waals surface area contributed by atoms with Gasteiger partial charge in [-0.15, -0.1) is 0 Å². The molecule has 1 aliphatic heterocycles. The zero-order valence-corrected chi connectivity index (χ0v) is 17.7. The quantitative estimate of drug-likeness (QED) is 0.463. The van der Waals surface area contributed by atoms with E-state index in [1.165, 1.54) is 7.11 Å². The molecule has 0 saturated heterocycles. The summed E-state index contributed by atoms with van der Waals surface area (Å²) in [6.45, 7) is 2.09. The first-order valence-electron chi connectivity index (χ1n) is 9.35. The highest BCUT2D eigenvalue weighted by molar-refractivity contribution is 9.10. The number of para-hydroxylation sites is 1. The van der Waals surface area contributed by atoms with Crippen LogP contribution in [0.2, 0.25) is 0 Å². The average molecular weight is 443 g/mol. The number of esters is 1. The van der Waals surface area contributed by atoms with Gasteiger partial charge in [0.05, 0.1) is 13.2 Å². The van der Waals surface area contributed by atoms with Crippen LogP contribution in [0.25, 0.3) is 0 Å². The summed E-state index contributed by atoms with van der Waals surface area (Å²) in [5, 5.41) is 0. The highest BCUT2D eigenvalue weighted by Gasteiger charge is 2.75. The first-order chi connectivity index (χ1) is 13.5. The van der Waals surface area contributed by atoms with Crippen molar-refractivity contribution in [2.75, 3.05) is 14.2 Å². The number of carbonyl (C=O) groups excluding carboxylic acids is 1. The van der Waals surface area contributed by atoms with Crippen LogP contribution in [0.3, 0.4) is 0 Å². The van der Waals surface area contributed by atoms with Crippen LogP contribution in [0.15, 0.2) is 65.2 Å². The standard InChI is InChI=1S/C23H23BrO4/c1-14(20(26-2)15-8-4-6-10-17(15)24)12-13-23(22(25)27-3)19-16-9-5-7-11-18(16)28-21(19)23/h4-14,19-21H,1-3H3/b13-12+/t14-,19+,20+,21-,23-/m1/s1. The zero-order valence-electron chi connectivity index (χ0n) is 16.1. The van der Waals surface area contributed by atoms with Crippen molar-refractivity contribution in [1.29, 1.82) is 0 Å². The lowest BCUT2D eigenvalue weighted by atomic mass is 9.92. The van der Waals surface area contributed by atoms with Gasteiger partial charge in [-0.05, 0) is 17.7 Å². The summed E-state index contributed by atoms with van der Waals surface area (Å²) in [5.74, 6) is 0.669. The molecule has 0 aromatic heterocycles. The van der Waals surface area contributed by atoms with Crippen molar-refractivity contribution in [1.82, 2.24) is 0 Å². The Morgan fingerprint density at radius 3 is 2.61 bits per heavy atom. The number of hydrogen-bond acceptors (Lipinski definition) is 4. The lowest BCUT2D eigenvalue weighted by Crippen LogP contribution is -2.24. The van der Waals surface area contributed by atoms with E-state index in [9.17, 15) is 4.79 Å². The summed E-state index contributed by atoms with van der Waals surface area (Å²) in [6.07, 6.45) is 3.69. The van der Waals surface area contributed by atoms with Crippen molar-refractivity contribution in [2.24, 2.45) is 11.3 Å². The van der Waals surface area contributed by atoms with Gasteiger partial charge in [0.15, 0.2) is 0 Å². The lowest BCUT2D eigenvalue weighted by molar-refractivity contribution is -0.146. The van der Waals surface area contributed by atoms with Gasteiger partial charge >= 0.3 is 5.97 Å². The van der Waals surface area contributed by atoms with Crippen LogP contribution in [0.4, 0.5) is 0 Å². The number of ether oxygens (including phenoxy) is 3. The molecule has 0 bridgehead atoms. The van der Waals surface area contributed by atoms with Gasteiger partial charge in [0.25, 0.3) is 0 Å². The molecule has 0 unspecified atom stereocenters. The molecule has 146 valence electrons. The third-order valence-electron chi connectivity index (χ3n) is 5.84. The van der Waals surface area contributed by atoms with Gasteiger partial charge in [-0.25, -0.2) is 0 Å². The molecular weight excluding hydrogens is 420 g/mol. The first-order valence-corrected chi connectivity index (χ1v) is 10.1. The molecule has 2 aliphatic rings. The predicted molar refractivity (Wildman–Crippen MR) is 110 cm³/mol. The van der Waals surface area contributed by atoms with E-state index in [4.69, 9.17) is 14.2 Å². The third-order valence-corrected chi connectivity index (χ3v) is 6.57. The molecule has 28 heavy (non-hydrogen) atoms. The molecule has 0 amide bonds. The molecule has 1 saturated carbocycles. The number of hydrogen-bond donors (Lipinski definition) is 0. The molecule has 5 heteroatoms. The fourth-order valence-corrected chi connectivity index (χ4v) is 4.88. The summed E-state index contributed by atoms with van der Waals surface area (Å²) < 4.78 is 18.0. The van der Waals surface area contributed by atoms with E-state index in [0.29, 0.717) is 0 Å². The van der Waals surface area contributed by atoms with Crippen LogP contribution >= 0.6 is 15.9 Å². The fraction of sp³-hybridized carbons (Fsp3) is 0.348. The molecule has 0 N–H and O–H groups in total. The highest BCUT2D eigenvalue weighted by Crippen LogP contribution is 2.68. The summed E-state index contributed by atoms with van der Waals surface area (Å²) in [7, 11) is 3.13. The first kappa shape index (κ1) is 19.2. The second-order valence-electron chi connectivity index (χ2n) is 7.37. The highest BCUT2D eigenvalue weighted by atomic mass is 79.9. The summed E-state index contributed by atoms with van der Waals surface area (Å²) in [6, 6.07) is 15.9. The maximum absolute atomic E-state index is 12.7. The van der Waals surface area contributed by atoms with Gasteiger partial charge in [-0.1, -0.05) is 71.4 Å². The normalized spacial score (nSPS) is 26.9. The van der Waals surface area contributed by atoms with Crippen LogP contribution in [0.1, 0.15) is 30.1 Å². The Morgan fingerprint density at radius 1 is 1.18 bits per heavy atom. The van der Waals surface area contributed by atoms with Gasteiger partial charge in [0.1, 0.15) is 17.3 Å². The number of rotatable bonds is 6. The van der Waals surface area contributed by atoms with Crippen LogP contribution in [0.5, 0.6) is 5.75 Å². The molecule has 4 rings (SSSR count). The Labute approximate surface area is 173 Å². The Morgan fingerprint density at radius 2 is 1.89 bits per heavy atom. The summed E-state index contributed by atoms with van der Waals surface area (Å²) in [4.78, 5) is 12.7. The third kappa shape index (κ3) is 2.88. The number of methoxy groups -OCH3 is 2. The number of fused-ring (bicyclic) bond motifs is 3. The minimum Gasteiger partial charge on any atom is -0.488 e. The molecule has 0 spiro atoms. The minimum absolute atomic E-state index is 0.00376. The van der Waals surface area contributed by atoms with Crippen molar-refractivity contribution >= 4 is 21.9 Å². The van der Waals surface area contributed by atoms with E-state index in [0.717, 1.165) is 21.3 Å². The van der Waals surface area contributed by atoms with E-state index in [-0.39, 0.29) is 30.0 Å². The number of carbonyl (C=O) groups is 1. The van der Waals surface area contributed by atoms with Crippen LogP contribution < -0.4 is 4.74 Å². The largest absolute Gasteiger partial charge is 0.488 e. The average Bonchev–Trinajstić information content (AvgIpc) is 3.17. The SMILES string of the molecule is COC(=O)[C@@]1(/C=C/[C@@H](C)[C@H](OC)c2ccccc2Br)[C@@H]2Oc3ccccc3[C@@H]21. The van der Waals surface area contributed by atoms with Gasteiger partial charge in [0.2, 0.25) is 0 Å². The minimum atomic E-state index is -0.760. The predicted octanol–water partition coefficient (Wildman–Crippen LogP) is 5.05. The lowest BCUT2D eigenvalue weighted by Gasteiger charge is -2.23. The summed E-state index contributed by atoms with van der Waals surface area (Å²) in [5.41, 5.74) is 1.39. The summed E-state index contributed by atoms with van der Waals surface area (Å²) >= 11 is 3.60. The van der Waals surface area contributed by atoms with Gasteiger partial charge in [-0.2, -0.15) is 0 Å². The Kier molecular flexibility index (Phi) is 5.06. The topological polar surface area (TPSA) is 44.8 Å². The molecule has 2 aromatic carbocycles. The second-order valence-corrected chi connectivity index (χ2v) is 8.23. The molecular formula is C23H23BrO4.